The van der Waals surface area contributed by atoms with Gasteiger partial charge in [0.2, 0.25) is 5.88 Å². The molecule has 1 heterocycles. The predicted molar refractivity (Wildman–Crippen MR) is 53.0 cm³/mol. The van der Waals surface area contributed by atoms with Crippen molar-refractivity contribution in [2.75, 3.05) is 7.11 Å². The van der Waals surface area contributed by atoms with E-state index >= 15 is 0 Å². The van der Waals surface area contributed by atoms with Gasteiger partial charge >= 0.3 is 0 Å². The maximum Gasteiger partial charge on any atom is 0.280 e. The fourth-order valence-electron chi connectivity index (χ4n) is 0.922. The van der Waals surface area contributed by atoms with Crippen molar-refractivity contribution < 1.29 is 13.5 Å². The first-order valence-corrected chi connectivity index (χ1v) is 5.00. The average Bonchev–Trinajstić information content (AvgIpc) is 2.17. The zero-order valence-electron chi connectivity index (χ0n) is 7.23. The second kappa shape index (κ2) is 4.89. The molecule has 2 nitrogen and oxygen atoms in total. The summed E-state index contributed by atoms with van der Waals surface area (Å²) in [6, 6.07) is 1.25. The maximum absolute atomic E-state index is 12.4. The van der Waals surface area contributed by atoms with Crippen LogP contribution >= 0.6 is 27.5 Å². The van der Waals surface area contributed by atoms with Crippen LogP contribution in [0, 0.1) is 0 Å². The van der Waals surface area contributed by atoms with Crippen molar-refractivity contribution in [1.29, 1.82) is 0 Å². The third-order valence-corrected chi connectivity index (χ3v) is 2.72. The molecule has 78 valence electrons. The number of pyridine rings is 1. The summed E-state index contributed by atoms with van der Waals surface area (Å²) in [7, 11) is 1.36. The Morgan fingerprint density at radius 3 is 2.71 bits per heavy atom. The topological polar surface area (TPSA) is 22.1 Å². The number of nitrogens with zero attached hydrogens (tertiary/aromatic N) is 1. The SMILES string of the molecule is COc1nc(C(F)F)cc(CCl)c1Br. The minimum atomic E-state index is -2.63. The second-order valence-corrected chi connectivity index (χ2v) is 3.52. The summed E-state index contributed by atoms with van der Waals surface area (Å²) >= 11 is 8.75. The molecule has 0 atom stereocenters. The van der Waals surface area contributed by atoms with Gasteiger partial charge in [-0.15, -0.1) is 11.6 Å². The third-order valence-electron chi connectivity index (χ3n) is 1.58. The average molecular weight is 287 g/mol. The number of rotatable bonds is 3. The molecule has 1 rings (SSSR count). The first kappa shape index (κ1) is 11.7. The van der Waals surface area contributed by atoms with Crippen LogP contribution in [-0.2, 0) is 5.88 Å². The number of aromatic nitrogens is 1. The lowest BCUT2D eigenvalue weighted by molar-refractivity contribution is 0.145. The van der Waals surface area contributed by atoms with Crippen LogP contribution in [0.3, 0.4) is 0 Å². The standard InChI is InChI=1S/C8H7BrClF2NO/c1-14-8-6(9)4(3-10)2-5(13-8)7(11)12/h2,7H,3H2,1H3. The van der Waals surface area contributed by atoms with Crippen molar-refractivity contribution in [1.82, 2.24) is 4.98 Å². The van der Waals surface area contributed by atoms with Gasteiger partial charge in [-0.2, -0.15) is 0 Å². The van der Waals surface area contributed by atoms with Crippen LogP contribution < -0.4 is 4.74 Å². The van der Waals surface area contributed by atoms with Crippen LogP contribution in [-0.4, -0.2) is 12.1 Å². The Kier molecular flexibility index (Phi) is 4.07. The Labute approximate surface area is 93.4 Å². The highest BCUT2D eigenvalue weighted by Crippen LogP contribution is 2.31. The van der Waals surface area contributed by atoms with E-state index in [4.69, 9.17) is 16.3 Å². The van der Waals surface area contributed by atoms with E-state index in [2.05, 4.69) is 20.9 Å². The van der Waals surface area contributed by atoms with Gasteiger partial charge in [-0.3, -0.25) is 0 Å². The van der Waals surface area contributed by atoms with Crippen LogP contribution in [0.5, 0.6) is 5.88 Å². The first-order valence-electron chi connectivity index (χ1n) is 3.67. The van der Waals surface area contributed by atoms with Crippen LogP contribution in [0.2, 0.25) is 0 Å². The van der Waals surface area contributed by atoms with Gasteiger partial charge < -0.3 is 4.74 Å². The van der Waals surface area contributed by atoms with Crippen LogP contribution in [0.25, 0.3) is 0 Å². The molecule has 1 aromatic rings. The van der Waals surface area contributed by atoms with Gasteiger partial charge in [0.15, 0.2) is 0 Å². The summed E-state index contributed by atoms with van der Waals surface area (Å²) in [5.74, 6) is 0.248. The summed E-state index contributed by atoms with van der Waals surface area (Å²) < 4.78 is 30.1. The van der Waals surface area contributed by atoms with Crippen molar-refractivity contribution in [3.63, 3.8) is 0 Å². The minimum Gasteiger partial charge on any atom is -0.480 e. The second-order valence-electron chi connectivity index (χ2n) is 2.46. The van der Waals surface area contributed by atoms with Crippen molar-refractivity contribution in [2.24, 2.45) is 0 Å². The molecule has 0 aliphatic rings. The van der Waals surface area contributed by atoms with E-state index < -0.39 is 6.43 Å². The van der Waals surface area contributed by atoms with E-state index in [9.17, 15) is 8.78 Å². The van der Waals surface area contributed by atoms with E-state index in [1.807, 2.05) is 0 Å². The first-order chi connectivity index (χ1) is 6.60. The number of methoxy groups -OCH3 is 1. The lowest BCUT2D eigenvalue weighted by Crippen LogP contribution is -1.98. The summed E-state index contributed by atoms with van der Waals surface area (Å²) in [4.78, 5) is 3.62. The Morgan fingerprint density at radius 2 is 2.29 bits per heavy atom. The number of hydrogen-bond acceptors (Lipinski definition) is 2. The molecule has 0 radical (unpaired) electrons. The molecule has 6 heteroatoms. The third kappa shape index (κ3) is 2.33. The quantitative estimate of drug-likeness (QED) is 0.793. The van der Waals surface area contributed by atoms with Gasteiger partial charge in [0, 0.05) is 5.88 Å². The number of alkyl halides is 3. The molecule has 0 spiro atoms. The van der Waals surface area contributed by atoms with Gasteiger partial charge in [-0.1, -0.05) is 0 Å². The number of ether oxygens (including phenoxy) is 1. The van der Waals surface area contributed by atoms with Crippen LogP contribution in [0.4, 0.5) is 8.78 Å². The summed E-state index contributed by atoms with van der Waals surface area (Å²) in [5.41, 5.74) is 0.203. The largest absolute Gasteiger partial charge is 0.480 e. The summed E-state index contributed by atoms with van der Waals surface area (Å²) in [6.45, 7) is 0. The van der Waals surface area contributed by atoms with Crippen LogP contribution in [0.1, 0.15) is 17.7 Å². The van der Waals surface area contributed by atoms with E-state index in [-0.39, 0.29) is 17.5 Å². The maximum atomic E-state index is 12.4. The van der Waals surface area contributed by atoms with Crippen molar-refractivity contribution in [2.45, 2.75) is 12.3 Å². The molecule has 0 bridgehead atoms. The van der Waals surface area contributed by atoms with E-state index in [0.29, 0.717) is 10.0 Å². The fraction of sp³-hybridized carbons (Fsp3) is 0.375. The lowest BCUT2D eigenvalue weighted by atomic mass is 10.2. The van der Waals surface area contributed by atoms with Gasteiger partial charge in [0.25, 0.3) is 6.43 Å². The van der Waals surface area contributed by atoms with Gasteiger partial charge in [-0.05, 0) is 27.6 Å². The van der Waals surface area contributed by atoms with E-state index in [1.165, 1.54) is 13.2 Å². The molecule has 0 saturated heterocycles. The molecule has 14 heavy (non-hydrogen) atoms. The molecule has 0 unspecified atom stereocenters. The van der Waals surface area contributed by atoms with Gasteiger partial charge in [0.05, 0.1) is 11.6 Å². The Bertz CT molecular complexity index is 310. The summed E-state index contributed by atoms with van der Waals surface area (Å²) in [5, 5.41) is 0. The zero-order valence-corrected chi connectivity index (χ0v) is 9.57. The molecule has 0 amide bonds. The zero-order chi connectivity index (χ0) is 10.7. The van der Waals surface area contributed by atoms with Gasteiger partial charge in [-0.25, -0.2) is 13.8 Å². The fourth-order valence-corrected chi connectivity index (χ4v) is 1.80. The number of hydrogen-bond donors (Lipinski definition) is 0. The highest BCUT2D eigenvalue weighted by Gasteiger charge is 2.15. The molecule has 0 aliphatic carbocycles. The molecule has 0 N–H and O–H groups in total. The Hall–Kier alpha value is -0.420. The Balaban J connectivity index is 3.25. The molecule has 1 aromatic heterocycles. The van der Waals surface area contributed by atoms with Gasteiger partial charge in [0.1, 0.15) is 5.69 Å². The highest BCUT2D eigenvalue weighted by atomic mass is 79.9. The molecule has 0 aliphatic heterocycles. The van der Waals surface area contributed by atoms with Crippen molar-refractivity contribution in [3.05, 3.63) is 21.8 Å². The molecular weight excluding hydrogens is 279 g/mol. The highest BCUT2D eigenvalue weighted by molar-refractivity contribution is 9.10. The van der Waals surface area contributed by atoms with Crippen molar-refractivity contribution in [3.8, 4) is 5.88 Å². The monoisotopic (exact) mass is 285 g/mol. The predicted octanol–water partition coefficient (Wildman–Crippen LogP) is 3.53. The lowest BCUT2D eigenvalue weighted by Gasteiger charge is -2.08. The molecular formula is C8H7BrClF2NO. The minimum absolute atomic E-state index is 0.124. The smallest absolute Gasteiger partial charge is 0.280 e. The van der Waals surface area contributed by atoms with Crippen LogP contribution in [0.15, 0.2) is 10.5 Å². The van der Waals surface area contributed by atoms with E-state index in [1.54, 1.807) is 0 Å². The summed E-state index contributed by atoms with van der Waals surface area (Å²) in [6.07, 6.45) is -2.63. The van der Waals surface area contributed by atoms with E-state index in [0.717, 1.165) is 0 Å². The number of halogens is 4. The molecule has 0 saturated carbocycles. The Morgan fingerprint density at radius 1 is 1.64 bits per heavy atom. The van der Waals surface area contributed by atoms with Crippen molar-refractivity contribution >= 4 is 27.5 Å². The normalized spacial score (nSPS) is 10.7. The molecule has 0 aromatic carbocycles. The molecule has 0 fully saturated rings.